The average molecular weight is 360 g/mol. The van der Waals surface area contributed by atoms with Crippen molar-refractivity contribution in [2.45, 2.75) is 39.0 Å². The Balaban J connectivity index is 2.48. The van der Waals surface area contributed by atoms with Gasteiger partial charge in [0.05, 0.1) is 12.0 Å². The van der Waals surface area contributed by atoms with E-state index in [1.54, 1.807) is 50.9 Å². The first-order chi connectivity index (χ1) is 10.6. The Morgan fingerprint density at radius 3 is 2.65 bits per heavy atom. The van der Waals surface area contributed by atoms with Crippen LogP contribution < -0.4 is 5.73 Å². The summed E-state index contributed by atoms with van der Waals surface area (Å²) in [4.78, 5) is 19.4. The fourth-order valence-electron chi connectivity index (χ4n) is 1.71. The summed E-state index contributed by atoms with van der Waals surface area (Å²) in [6.45, 7) is 7.96. The van der Waals surface area contributed by atoms with Crippen molar-refractivity contribution < 1.29 is 9.53 Å². The molecule has 0 fully saturated rings. The van der Waals surface area contributed by atoms with Gasteiger partial charge in [0.15, 0.2) is 5.11 Å². The molecule has 0 bridgehead atoms. The lowest BCUT2D eigenvalue weighted by atomic mass is 10.2. The lowest BCUT2D eigenvalue weighted by Gasteiger charge is -2.32. The number of rotatable bonds is 6. The van der Waals surface area contributed by atoms with Gasteiger partial charge in [0.2, 0.25) is 0 Å². The number of nitrogens with two attached hydrogens (primary N) is 1. The van der Waals surface area contributed by atoms with E-state index in [4.69, 9.17) is 22.7 Å². The fraction of sp³-hybridized carbons (Fsp3) is 0.643. The summed E-state index contributed by atoms with van der Waals surface area (Å²) in [6, 6.07) is 0. The number of nitrogens with zero attached hydrogens (tertiary/aromatic N) is 3. The molecule has 3 N–H and O–H groups in total. The standard InChI is InChI=1S/C14H25N5O2S2/c1-10-11(17-9-16-10)8-23-7-6-18(5)19(12(15)22)13(20)21-14(2,3)4/h9H,6-8H2,1-5H3,(H2,15,22)(H,16,17). The molecule has 7 nitrogen and oxygen atoms in total. The van der Waals surface area contributed by atoms with Crippen LogP contribution >= 0.6 is 24.0 Å². The third kappa shape index (κ3) is 6.76. The van der Waals surface area contributed by atoms with Crippen LogP contribution in [0.2, 0.25) is 0 Å². The first-order valence-electron chi connectivity index (χ1n) is 7.22. The third-order valence-electron chi connectivity index (χ3n) is 2.86. The second-order valence-electron chi connectivity index (χ2n) is 6.03. The van der Waals surface area contributed by atoms with Crippen molar-refractivity contribution in [3.05, 3.63) is 17.7 Å². The molecule has 23 heavy (non-hydrogen) atoms. The number of carbonyl (C=O) groups is 1. The van der Waals surface area contributed by atoms with E-state index >= 15 is 0 Å². The van der Waals surface area contributed by atoms with Crippen LogP contribution in [-0.2, 0) is 10.5 Å². The van der Waals surface area contributed by atoms with Gasteiger partial charge in [0.25, 0.3) is 0 Å². The highest BCUT2D eigenvalue weighted by Crippen LogP contribution is 2.14. The number of nitrogens with one attached hydrogen (secondary N) is 1. The number of aryl methyl sites for hydroxylation is 1. The summed E-state index contributed by atoms with van der Waals surface area (Å²) in [6.07, 6.45) is 1.12. The van der Waals surface area contributed by atoms with Crippen LogP contribution in [0.25, 0.3) is 0 Å². The second kappa shape index (κ2) is 8.51. The van der Waals surface area contributed by atoms with Gasteiger partial charge >= 0.3 is 6.09 Å². The maximum atomic E-state index is 12.2. The minimum atomic E-state index is -0.603. The van der Waals surface area contributed by atoms with Crippen LogP contribution in [0.5, 0.6) is 0 Å². The SMILES string of the molecule is Cc1nc[nH]c1CSCCN(C)N(C(=O)OC(C)(C)C)C(N)=S. The topological polar surface area (TPSA) is 87.5 Å². The minimum absolute atomic E-state index is 0.0313. The average Bonchev–Trinajstić information content (AvgIpc) is 2.77. The number of imidazole rings is 1. The highest BCUT2D eigenvalue weighted by molar-refractivity contribution is 7.98. The van der Waals surface area contributed by atoms with E-state index in [9.17, 15) is 4.79 Å². The Kier molecular flexibility index (Phi) is 7.30. The number of carbonyl (C=O) groups excluding carboxylic acids is 1. The molecule has 1 aromatic rings. The van der Waals surface area contributed by atoms with Gasteiger partial charge in [0, 0.05) is 30.8 Å². The molecule has 9 heteroatoms. The predicted molar refractivity (Wildman–Crippen MR) is 97.0 cm³/mol. The van der Waals surface area contributed by atoms with Crippen molar-refractivity contribution in [3.8, 4) is 0 Å². The van der Waals surface area contributed by atoms with Gasteiger partial charge in [-0.15, -0.1) is 0 Å². The van der Waals surface area contributed by atoms with E-state index < -0.39 is 11.7 Å². The molecule has 1 aromatic heterocycles. The summed E-state index contributed by atoms with van der Waals surface area (Å²) >= 11 is 6.69. The minimum Gasteiger partial charge on any atom is -0.442 e. The van der Waals surface area contributed by atoms with Crippen LogP contribution in [0.1, 0.15) is 32.2 Å². The summed E-state index contributed by atoms with van der Waals surface area (Å²) in [5.74, 6) is 1.63. The molecule has 130 valence electrons. The smallest absolute Gasteiger partial charge is 0.431 e. The monoisotopic (exact) mass is 359 g/mol. The van der Waals surface area contributed by atoms with Crippen molar-refractivity contribution in [2.75, 3.05) is 19.3 Å². The molecule has 0 atom stereocenters. The lowest BCUT2D eigenvalue weighted by Crippen LogP contribution is -2.52. The molecule has 1 rings (SSSR count). The van der Waals surface area contributed by atoms with E-state index in [1.807, 2.05) is 6.92 Å². The summed E-state index contributed by atoms with van der Waals surface area (Å²) < 4.78 is 5.32. The first-order valence-corrected chi connectivity index (χ1v) is 8.78. The molecule has 0 aliphatic heterocycles. The molecule has 0 saturated heterocycles. The molecule has 0 aliphatic carbocycles. The van der Waals surface area contributed by atoms with Gasteiger partial charge in [-0.25, -0.2) is 14.8 Å². The van der Waals surface area contributed by atoms with E-state index in [2.05, 4.69) is 9.97 Å². The zero-order valence-corrected chi connectivity index (χ0v) is 15.9. The van der Waals surface area contributed by atoms with Crippen molar-refractivity contribution in [2.24, 2.45) is 5.73 Å². The number of hydrogen-bond donors (Lipinski definition) is 2. The zero-order chi connectivity index (χ0) is 17.6. The van der Waals surface area contributed by atoms with E-state index in [-0.39, 0.29) is 5.11 Å². The van der Waals surface area contributed by atoms with Crippen molar-refractivity contribution >= 4 is 35.2 Å². The van der Waals surface area contributed by atoms with E-state index in [1.165, 1.54) is 5.01 Å². The molecular weight excluding hydrogens is 334 g/mol. The number of aromatic amines is 1. The number of ether oxygens (including phenoxy) is 1. The third-order valence-corrected chi connectivity index (χ3v) is 3.99. The molecular formula is C14H25N5O2S2. The Morgan fingerprint density at radius 2 is 2.17 bits per heavy atom. The Morgan fingerprint density at radius 1 is 1.52 bits per heavy atom. The van der Waals surface area contributed by atoms with Crippen molar-refractivity contribution in [1.82, 2.24) is 20.0 Å². The van der Waals surface area contributed by atoms with Crippen LogP contribution in [0.3, 0.4) is 0 Å². The predicted octanol–water partition coefficient (Wildman–Crippen LogP) is 2.28. The van der Waals surface area contributed by atoms with Gasteiger partial charge < -0.3 is 15.5 Å². The van der Waals surface area contributed by atoms with E-state index in [0.29, 0.717) is 6.54 Å². The van der Waals surface area contributed by atoms with Crippen LogP contribution in [-0.4, -0.2) is 56.1 Å². The van der Waals surface area contributed by atoms with Gasteiger partial charge in [0.1, 0.15) is 5.60 Å². The maximum Gasteiger partial charge on any atom is 0.431 e. The second-order valence-corrected chi connectivity index (χ2v) is 7.55. The van der Waals surface area contributed by atoms with Crippen molar-refractivity contribution in [1.29, 1.82) is 0 Å². The number of hydrogen-bond acceptors (Lipinski definition) is 6. The highest BCUT2D eigenvalue weighted by Gasteiger charge is 2.27. The highest BCUT2D eigenvalue weighted by atomic mass is 32.2. The number of thioether (sulfide) groups is 1. The van der Waals surface area contributed by atoms with E-state index in [0.717, 1.165) is 22.9 Å². The normalized spacial score (nSPS) is 11.6. The summed E-state index contributed by atoms with van der Waals surface area (Å²) in [5.41, 5.74) is 7.16. The van der Waals surface area contributed by atoms with Crippen LogP contribution in [0.4, 0.5) is 4.79 Å². The lowest BCUT2D eigenvalue weighted by molar-refractivity contribution is -0.00317. The quantitative estimate of drug-likeness (QED) is 0.458. The Bertz CT molecular complexity index is 542. The Hall–Kier alpha value is -1.32. The number of aromatic nitrogens is 2. The molecule has 1 amide bonds. The van der Waals surface area contributed by atoms with Crippen LogP contribution in [0, 0.1) is 6.92 Å². The molecule has 0 radical (unpaired) electrons. The zero-order valence-electron chi connectivity index (χ0n) is 14.3. The molecule has 0 saturated carbocycles. The largest absolute Gasteiger partial charge is 0.442 e. The number of thiocarbonyl (C=S) groups is 1. The summed E-state index contributed by atoms with van der Waals surface area (Å²) in [7, 11) is 1.76. The van der Waals surface area contributed by atoms with Gasteiger partial charge in [-0.3, -0.25) is 0 Å². The number of hydrazine groups is 1. The van der Waals surface area contributed by atoms with Gasteiger partial charge in [-0.1, -0.05) is 0 Å². The van der Waals surface area contributed by atoms with Gasteiger partial charge in [-0.05, 0) is 39.9 Å². The number of H-pyrrole nitrogens is 1. The molecule has 1 heterocycles. The van der Waals surface area contributed by atoms with Crippen molar-refractivity contribution in [3.63, 3.8) is 0 Å². The first kappa shape index (κ1) is 19.7. The van der Waals surface area contributed by atoms with Crippen LogP contribution in [0.15, 0.2) is 6.33 Å². The molecule has 0 spiro atoms. The molecule has 0 unspecified atom stereocenters. The maximum absolute atomic E-state index is 12.2. The Labute approximate surface area is 146 Å². The molecule has 0 aromatic carbocycles. The van der Waals surface area contributed by atoms with Gasteiger partial charge in [-0.2, -0.15) is 16.8 Å². The summed E-state index contributed by atoms with van der Waals surface area (Å²) in [5, 5.41) is 2.82. The fourth-order valence-corrected chi connectivity index (χ4v) is 2.96. The molecule has 0 aliphatic rings. The number of amides is 1.